The monoisotopic (exact) mass is 414 g/mol. The standard InChI is InChI=1S/C21H23ClN4OS/c1-3-7-20(27)23-13-19-24-25-21(28-14-16-8-5-4-6-9-16)26(19)18-12-17(22)11-10-15(18)2/h4-6,8-12H,3,7,13-14H2,1-2H3,(H,23,27). The summed E-state index contributed by atoms with van der Waals surface area (Å²) in [5, 5.41) is 13.1. The van der Waals surface area contributed by atoms with E-state index in [-0.39, 0.29) is 5.91 Å². The van der Waals surface area contributed by atoms with E-state index in [2.05, 4.69) is 27.6 Å². The van der Waals surface area contributed by atoms with Gasteiger partial charge in [-0.2, -0.15) is 0 Å². The zero-order valence-electron chi connectivity index (χ0n) is 16.0. The average Bonchev–Trinajstić information content (AvgIpc) is 3.10. The van der Waals surface area contributed by atoms with E-state index in [0.717, 1.165) is 28.6 Å². The van der Waals surface area contributed by atoms with Gasteiger partial charge in [-0.1, -0.05) is 66.7 Å². The second kappa shape index (κ2) is 9.75. The van der Waals surface area contributed by atoms with Gasteiger partial charge in [-0.15, -0.1) is 10.2 Å². The predicted molar refractivity (Wildman–Crippen MR) is 114 cm³/mol. The molecule has 0 radical (unpaired) electrons. The van der Waals surface area contributed by atoms with Crippen molar-refractivity contribution in [2.75, 3.05) is 0 Å². The van der Waals surface area contributed by atoms with E-state index in [0.29, 0.717) is 23.8 Å². The molecule has 0 aliphatic heterocycles. The number of carbonyl (C=O) groups excluding carboxylic acids is 1. The number of aromatic nitrogens is 3. The highest BCUT2D eigenvalue weighted by molar-refractivity contribution is 7.98. The third kappa shape index (κ3) is 5.14. The van der Waals surface area contributed by atoms with Gasteiger partial charge in [0.1, 0.15) is 0 Å². The van der Waals surface area contributed by atoms with Crippen molar-refractivity contribution in [2.45, 2.75) is 44.1 Å². The van der Waals surface area contributed by atoms with Gasteiger partial charge in [-0.3, -0.25) is 9.36 Å². The molecule has 2 aromatic carbocycles. The zero-order chi connectivity index (χ0) is 19.9. The van der Waals surface area contributed by atoms with E-state index < -0.39 is 0 Å². The smallest absolute Gasteiger partial charge is 0.220 e. The highest BCUT2D eigenvalue weighted by Gasteiger charge is 2.17. The normalized spacial score (nSPS) is 10.8. The van der Waals surface area contributed by atoms with Gasteiger partial charge in [0.2, 0.25) is 5.91 Å². The number of aryl methyl sites for hydroxylation is 1. The number of thioether (sulfide) groups is 1. The lowest BCUT2D eigenvalue weighted by Crippen LogP contribution is -2.24. The molecule has 0 aliphatic carbocycles. The molecule has 0 saturated heterocycles. The number of nitrogens with one attached hydrogen (secondary N) is 1. The molecule has 0 spiro atoms. The lowest BCUT2D eigenvalue weighted by molar-refractivity contribution is -0.121. The van der Waals surface area contributed by atoms with Crippen molar-refractivity contribution >= 4 is 29.3 Å². The summed E-state index contributed by atoms with van der Waals surface area (Å²) in [6.45, 7) is 4.33. The van der Waals surface area contributed by atoms with Gasteiger partial charge in [0.15, 0.2) is 11.0 Å². The Balaban J connectivity index is 1.90. The van der Waals surface area contributed by atoms with Crippen LogP contribution in [0.25, 0.3) is 5.69 Å². The van der Waals surface area contributed by atoms with E-state index in [1.807, 2.05) is 54.8 Å². The van der Waals surface area contributed by atoms with Crippen LogP contribution in [0.5, 0.6) is 0 Å². The second-order valence-electron chi connectivity index (χ2n) is 6.47. The van der Waals surface area contributed by atoms with Crippen LogP contribution in [0.15, 0.2) is 53.7 Å². The first-order valence-electron chi connectivity index (χ1n) is 9.22. The third-order valence-electron chi connectivity index (χ3n) is 4.24. The molecule has 1 heterocycles. The van der Waals surface area contributed by atoms with Crippen molar-refractivity contribution in [3.63, 3.8) is 0 Å². The van der Waals surface area contributed by atoms with Gasteiger partial charge >= 0.3 is 0 Å². The van der Waals surface area contributed by atoms with Crippen LogP contribution in [0.1, 0.15) is 36.7 Å². The highest BCUT2D eigenvalue weighted by atomic mass is 35.5. The van der Waals surface area contributed by atoms with Gasteiger partial charge in [0.25, 0.3) is 0 Å². The van der Waals surface area contributed by atoms with Crippen molar-refractivity contribution in [1.82, 2.24) is 20.1 Å². The first-order chi connectivity index (χ1) is 13.6. The van der Waals surface area contributed by atoms with Crippen LogP contribution in [0, 0.1) is 6.92 Å². The summed E-state index contributed by atoms with van der Waals surface area (Å²) in [6, 6.07) is 16.0. The lowest BCUT2D eigenvalue weighted by Gasteiger charge is -2.14. The minimum Gasteiger partial charge on any atom is -0.349 e. The van der Waals surface area contributed by atoms with Crippen LogP contribution in [0.4, 0.5) is 0 Å². The Morgan fingerprint density at radius 3 is 2.71 bits per heavy atom. The lowest BCUT2D eigenvalue weighted by atomic mass is 10.2. The fourth-order valence-corrected chi connectivity index (χ4v) is 3.87. The second-order valence-corrected chi connectivity index (χ2v) is 7.84. The Morgan fingerprint density at radius 1 is 1.18 bits per heavy atom. The highest BCUT2D eigenvalue weighted by Crippen LogP contribution is 2.28. The van der Waals surface area contributed by atoms with Crippen molar-refractivity contribution in [3.05, 3.63) is 70.5 Å². The molecule has 1 aromatic heterocycles. The quantitative estimate of drug-likeness (QED) is 0.530. The largest absolute Gasteiger partial charge is 0.349 e. The Morgan fingerprint density at radius 2 is 1.96 bits per heavy atom. The maximum absolute atomic E-state index is 11.9. The molecule has 0 saturated carbocycles. The van der Waals surface area contributed by atoms with Gasteiger partial charge in [0.05, 0.1) is 12.2 Å². The Labute approximate surface area is 174 Å². The molecule has 3 rings (SSSR count). The topological polar surface area (TPSA) is 59.8 Å². The van der Waals surface area contributed by atoms with E-state index >= 15 is 0 Å². The molecule has 3 aromatic rings. The van der Waals surface area contributed by atoms with Gasteiger partial charge < -0.3 is 5.32 Å². The third-order valence-corrected chi connectivity index (χ3v) is 5.48. The van der Waals surface area contributed by atoms with Crippen molar-refractivity contribution in [1.29, 1.82) is 0 Å². The van der Waals surface area contributed by atoms with Gasteiger partial charge in [-0.05, 0) is 36.6 Å². The number of amides is 1. The molecule has 0 aliphatic rings. The van der Waals surface area contributed by atoms with Crippen LogP contribution < -0.4 is 5.32 Å². The molecular weight excluding hydrogens is 392 g/mol. The number of hydrogen-bond donors (Lipinski definition) is 1. The minimum absolute atomic E-state index is 0.0124. The van der Waals surface area contributed by atoms with Crippen molar-refractivity contribution in [2.24, 2.45) is 0 Å². The van der Waals surface area contributed by atoms with Crippen LogP contribution >= 0.6 is 23.4 Å². The minimum atomic E-state index is 0.0124. The molecular formula is C21H23ClN4OS. The van der Waals surface area contributed by atoms with Crippen LogP contribution in [-0.4, -0.2) is 20.7 Å². The molecule has 0 bridgehead atoms. The Hall–Kier alpha value is -2.31. The fourth-order valence-electron chi connectivity index (χ4n) is 2.79. The molecule has 7 heteroatoms. The van der Waals surface area contributed by atoms with Gasteiger partial charge in [0, 0.05) is 17.2 Å². The van der Waals surface area contributed by atoms with Gasteiger partial charge in [-0.25, -0.2) is 0 Å². The van der Waals surface area contributed by atoms with Crippen LogP contribution in [0.2, 0.25) is 5.02 Å². The summed E-state index contributed by atoms with van der Waals surface area (Å²) >= 11 is 7.86. The number of nitrogens with zero attached hydrogens (tertiary/aromatic N) is 3. The van der Waals surface area contributed by atoms with Crippen LogP contribution in [0.3, 0.4) is 0 Å². The summed E-state index contributed by atoms with van der Waals surface area (Å²) in [6.07, 6.45) is 1.31. The summed E-state index contributed by atoms with van der Waals surface area (Å²) in [5.41, 5.74) is 3.20. The molecule has 5 nitrogen and oxygen atoms in total. The summed E-state index contributed by atoms with van der Waals surface area (Å²) in [7, 11) is 0. The molecule has 1 N–H and O–H groups in total. The summed E-state index contributed by atoms with van der Waals surface area (Å²) in [5.74, 6) is 1.48. The maximum Gasteiger partial charge on any atom is 0.220 e. The molecule has 28 heavy (non-hydrogen) atoms. The average molecular weight is 415 g/mol. The van der Waals surface area contributed by atoms with E-state index in [1.165, 1.54) is 5.56 Å². The molecule has 0 atom stereocenters. The Bertz CT molecular complexity index is 943. The number of rotatable bonds is 8. The number of carbonyl (C=O) groups is 1. The molecule has 0 fully saturated rings. The molecule has 0 unspecified atom stereocenters. The number of benzene rings is 2. The number of halogens is 1. The molecule has 1 amide bonds. The first kappa shape index (κ1) is 20.4. The van der Waals surface area contributed by atoms with E-state index in [1.54, 1.807) is 11.8 Å². The first-order valence-corrected chi connectivity index (χ1v) is 10.6. The SMILES string of the molecule is CCCC(=O)NCc1nnc(SCc2ccccc2)n1-c1cc(Cl)ccc1C. The molecule has 146 valence electrons. The zero-order valence-corrected chi connectivity index (χ0v) is 17.6. The fraction of sp³-hybridized carbons (Fsp3) is 0.286. The predicted octanol–water partition coefficient (Wildman–Crippen LogP) is 4.94. The Kier molecular flexibility index (Phi) is 7.12. The van der Waals surface area contributed by atoms with Crippen LogP contribution in [-0.2, 0) is 17.1 Å². The van der Waals surface area contributed by atoms with E-state index in [9.17, 15) is 4.79 Å². The van der Waals surface area contributed by atoms with Crippen molar-refractivity contribution in [3.8, 4) is 5.69 Å². The number of hydrogen-bond acceptors (Lipinski definition) is 4. The van der Waals surface area contributed by atoms with Crippen molar-refractivity contribution < 1.29 is 4.79 Å². The maximum atomic E-state index is 11.9. The summed E-state index contributed by atoms with van der Waals surface area (Å²) < 4.78 is 1.99. The van der Waals surface area contributed by atoms with E-state index in [4.69, 9.17) is 11.6 Å². The summed E-state index contributed by atoms with van der Waals surface area (Å²) in [4.78, 5) is 11.9.